The molecule has 3 aromatic rings. The number of methoxy groups -OCH3 is 1. The average Bonchev–Trinajstić information content (AvgIpc) is 3.14. The van der Waals surface area contributed by atoms with Crippen molar-refractivity contribution in [3.05, 3.63) is 58.2 Å². The van der Waals surface area contributed by atoms with Crippen LogP contribution in [0, 0.1) is 5.82 Å². The molecular formula is C21H19ClFN3O4S3. The zero-order chi connectivity index (χ0) is 23.8. The van der Waals surface area contributed by atoms with E-state index in [-0.39, 0.29) is 18.0 Å². The first-order valence-corrected chi connectivity index (χ1v) is 12.9. The zero-order valence-corrected chi connectivity index (χ0v) is 20.6. The minimum absolute atomic E-state index is 0.0623. The molecule has 0 atom stereocenters. The van der Waals surface area contributed by atoms with E-state index in [4.69, 9.17) is 28.6 Å². The Labute approximate surface area is 204 Å². The second-order valence-corrected chi connectivity index (χ2v) is 11.0. The maximum Gasteiger partial charge on any atom is 0.349 e. The molecule has 1 saturated heterocycles. The van der Waals surface area contributed by atoms with Gasteiger partial charge in [-0.25, -0.2) is 17.6 Å². The van der Waals surface area contributed by atoms with Crippen LogP contribution in [0.15, 0.2) is 47.4 Å². The number of piperazine rings is 1. The van der Waals surface area contributed by atoms with Crippen molar-refractivity contribution in [2.45, 2.75) is 4.90 Å². The first kappa shape index (κ1) is 23.8. The molecule has 0 aliphatic carbocycles. The minimum atomic E-state index is -3.69. The van der Waals surface area contributed by atoms with Crippen molar-refractivity contribution < 1.29 is 22.3 Å². The van der Waals surface area contributed by atoms with Gasteiger partial charge in [0.2, 0.25) is 10.0 Å². The summed E-state index contributed by atoms with van der Waals surface area (Å²) in [6, 6.07) is 10.3. The van der Waals surface area contributed by atoms with Gasteiger partial charge in [-0.3, -0.25) is 0 Å². The van der Waals surface area contributed by atoms with Crippen LogP contribution in [0.4, 0.5) is 10.1 Å². The van der Waals surface area contributed by atoms with Gasteiger partial charge in [0, 0.05) is 42.0 Å². The number of benzene rings is 2. The molecule has 1 aliphatic rings. The molecule has 1 N–H and O–H groups in total. The molecular weight excluding hydrogens is 509 g/mol. The highest BCUT2D eigenvalue weighted by molar-refractivity contribution is 7.89. The normalized spacial score (nSPS) is 14.9. The first-order chi connectivity index (χ1) is 15.7. The average molecular weight is 528 g/mol. The number of thiophene rings is 1. The summed E-state index contributed by atoms with van der Waals surface area (Å²) in [5, 5.41) is 4.73. The summed E-state index contributed by atoms with van der Waals surface area (Å²) in [7, 11) is -2.39. The third kappa shape index (κ3) is 4.82. The van der Waals surface area contributed by atoms with Gasteiger partial charge in [0.25, 0.3) is 0 Å². The van der Waals surface area contributed by atoms with E-state index in [2.05, 4.69) is 5.32 Å². The summed E-state index contributed by atoms with van der Waals surface area (Å²) in [5.41, 5.74) is 0.725. The fraction of sp³-hybridized carbons (Fsp3) is 0.238. The SMILES string of the molecule is COC(=O)c1sc2cc(NC(=S)N3CCN(S(=O)(=O)c4ccc(F)cc4)CC3)ccc2c1Cl. The topological polar surface area (TPSA) is 79.0 Å². The number of nitrogens with zero attached hydrogens (tertiary/aromatic N) is 2. The fourth-order valence-electron chi connectivity index (χ4n) is 3.46. The molecule has 0 spiro atoms. The Kier molecular flexibility index (Phi) is 6.87. The number of thiocarbonyl (C=S) groups is 1. The number of rotatable bonds is 4. The third-order valence-electron chi connectivity index (χ3n) is 5.23. The predicted octanol–water partition coefficient (Wildman–Crippen LogP) is 4.18. The molecule has 33 heavy (non-hydrogen) atoms. The summed E-state index contributed by atoms with van der Waals surface area (Å²) in [6.45, 7) is 1.32. The van der Waals surface area contributed by atoms with E-state index >= 15 is 0 Å². The summed E-state index contributed by atoms with van der Waals surface area (Å²) in [5.74, 6) is -0.973. The van der Waals surface area contributed by atoms with Gasteiger partial charge in [0.05, 0.1) is 17.0 Å². The number of nitrogens with one attached hydrogen (secondary N) is 1. The number of fused-ring (bicyclic) bond motifs is 1. The molecule has 7 nitrogen and oxygen atoms in total. The molecule has 12 heteroatoms. The monoisotopic (exact) mass is 527 g/mol. The van der Waals surface area contributed by atoms with Gasteiger partial charge in [-0.2, -0.15) is 4.31 Å². The fourth-order valence-corrected chi connectivity index (χ4v) is 6.65. The van der Waals surface area contributed by atoms with E-state index < -0.39 is 21.8 Å². The highest BCUT2D eigenvalue weighted by atomic mass is 35.5. The van der Waals surface area contributed by atoms with Gasteiger partial charge >= 0.3 is 5.97 Å². The molecule has 1 fully saturated rings. The van der Waals surface area contributed by atoms with Crippen molar-refractivity contribution in [2.75, 3.05) is 38.6 Å². The molecule has 0 unspecified atom stereocenters. The molecule has 174 valence electrons. The van der Waals surface area contributed by atoms with E-state index in [9.17, 15) is 17.6 Å². The minimum Gasteiger partial charge on any atom is -0.465 e. The number of ether oxygens (including phenoxy) is 1. The molecule has 1 aliphatic heterocycles. The van der Waals surface area contributed by atoms with Crippen molar-refractivity contribution in [1.29, 1.82) is 0 Å². The number of esters is 1. The zero-order valence-electron chi connectivity index (χ0n) is 17.4. The summed E-state index contributed by atoms with van der Waals surface area (Å²) >= 11 is 13.0. The lowest BCUT2D eigenvalue weighted by atomic mass is 10.2. The number of anilines is 1. The maximum atomic E-state index is 13.1. The van der Waals surface area contributed by atoms with Gasteiger partial charge in [-0.05, 0) is 54.7 Å². The maximum absolute atomic E-state index is 13.1. The Morgan fingerprint density at radius 2 is 1.82 bits per heavy atom. The van der Waals surface area contributed by atoms with E-state index in [1.165, 1.54) is 34.9 Å². The smallest absolute Gasteiger partial charge is 0.349 e. The van der Waals surface area contributed by atoms with E-state index in [0.29, 0.717) is 28.1 Å². The Hall–Kier alpha value is -2.31. The molecule has 0 saturated carbocycles. The third-order valence-corrected chi connectivity index (χ3v) is 9.14. The molecule has 2 aromatic carbocycles. The molecule has 1 aromatic heterocycles. The summed E-state index contributed by atoms with van der Waals surface area (Å²) in [4.78, 5) is 14.2. The van der Waals surface area contributed by atoms with Gasteiger partial charge in [-0.15, -0.1) is 11.3 Å². The van der Waals surface area contributed by atoms with Gasteiger partial charge < -0.3 is 15.0 Å². The van der Waals surface area contributed by atoms with E-state index in [1.54, 1.807) is 6.07 Å². The van der Waals surface area contributed by atoms with E-state index in [1.807, 2.05) is 17.0 Å². The summed E-state index contributed by atoms with van der Waals surface area (Å²) < 4.78 is 45.6. The Bertz CT molecular complexity index is 1320. The predicted molar refractivity (Wildman–Crippen MR) is 131 cm³/mol. The molecule has 2 heterocycles. The van der Waals surface area contributed by atoms with Crippen LogP contribution in [-0.2, 0) is 14.8 Å². The Morgan fingerprint density at radius 3 is 2.45 bits per heavy atom. The lowest BCUT2D eigenvalue weighted by molar-refractivity contribution is 0.0606. The highest BCUT2D eigenvalue weighted by Crippen LogP contribution is 2.37. The van der Waals surface area contributed by atoms with Crippen LogP contribution >= 0.6 is 35.2 Å². The standard InChI is InChI=1S/C21H19ClFN3O4S3/c1-30-20(27)19-18(22)16-7-4-14(12-17(16)32-19)24-21(31)25-8-10-26(11-9-25)33(28,29)15-5-2-13(23)3-6-15/h2-7,12H,8-11H2,1H3,(H,24,31). The van der Waals surface area contributed by atoms with Crippen molar-refractivity contribution in [3.8, 4) is 0 Å². The van der Waals surface area contributed by atoms with Crippen molar-refractivity contribution in [3.63, 3.8) is 0 Å². The van der Waals surface area contributed by atoms with Gasteiger partial charge in [0.1, 0.15) is 10.7 Å². The second-order valence-electron chi connectivity index (χ2n) is 7.22. The number of halogens is 2. The second kappa shape index (κ2) is 9.51. The summed E-state index contributed by atoms with van der Waals surface area (Å²) in [6.07, 6.45) is 0. The van der Waals surface area contributed by atoms with Gasteiger partial charge in [-0.1, -0.05) is 11.6 Å². The number of carbonyl (C=O) groups excluding carboxylic acids is 1. The lowest BCUT2D eigenvalue weighted by Gasteiger charge is -2.35. The van der Waals surface area contributed by atoms with Gasteiger partial charge in [0.15, 0.2) is 5.11 Å². The van der Waals surface area contributed by atoms with Crippen LogP contribution in [-0.4, -0.2) is 62.0 Å². The van der Waals surface area contributed by atoms with Crippen LogP contribution in [0.5, 0.6) is 0 Å². The largest absolute Gasteiger partial charge is 0.465 e. The van der Waals surface area contributed by atoms with Crippen LogP contribution in [0.1, 0.15) is 9.67 Å². The first-order valence-electron chi connectivity index (χ1n) is 9.82. The van der Waals surface area contributed by atoms with E-state index in [0.717, 1.165) is 27.9 Å². The Morgan fingerprint density at radius 1 is 1.15 bits per heavy atom. The van der Waals surface area contributed by atoms with Crippen molar-refractivity contribution in [1.82, 2.24) is 9.21 Å². The molecule has 0 amide bonds. The van der Waals surface area contributed by atoms with Crippen LogP contribution < -0.4 is 5.32 Å². The number of carbonyl (C=O) groups is 1. The lowest BCUT2D eigenvalue weighted by Crippen LogP contribution is -2.51. The Balaban J connectivity index is 1.41. The van der Waals surface area contributed by atoms with Crippen molar-refractivity contribution in [2.24, 2.45) is 0 Å². The molecule has 0 radical (unpaired) electrons. The molecule has 4 rings (SSSR count). The number of sulfonamides is 1. The van der Waals surface area contributed by atoms with Crippen LogP contribution in [0.25, 0.3) is 10.1 Å². The highest BCUT2D eigenvalue weighted by Gasteiger charge is 2.29. The van der Waals surface area contributed by atoms with Crippen LogP contribution in [0.2, 0.25) is 5.02 Å². The number of hydrogen-bond donors (Lipinski definition) is 1. The quantitative estimate of drug-likeness (QED) is 0.403. The molecule has 0 bridgehead atoms. The van der Waals surface area contributed by atoms with Crippen molar-refractivity contribution >= 4 is 72.0 Å². The number of hydrogen-bond acceptors (Lipinski definition) is 6. The van der Waals surface area contributed by atoms with Crippen LogP contribution in [0.3, 0.4) is 0 Å².